The first-order valence-electron chi connectivity index (χ1n) is 24.0. The smallest absolute Gasteiger partial charge is 0.329 e. The average Bonchev–Trinajstić information content (AvgIpc) is 3.27. The van der Waals surface area contributed by atoms with Crippen molar-refractivity contribution < 1.29 is 58.2 Å². The van der Waals surface area contributed by atoms with Crippen LogP contribution in [0.25, 0.3) is 0 Å². The number of aliphatic hydroxyl groups is 3. The number of ketones is 2. The number of methoxy groups -OCH3 is 3. The van der Waals surface area contributed by atoms with Crippen molar-refractivity contribution in [3.8, 4) is 0 Å². The number of Topliss-reactive ketones (excluding diaryl/α,β-unsaturated/α-hetero) is 2. The zero-order chi connectivity index (χ0) is 47.3. The third-order valence-electron chi connectivity index (χ3n) is 14.5. The molecule has 3 heterocycles. The number of allylic oxidation sites excluding steroid dienone is 6. The second-order valence-electron chi connectivity index (χ2n) is 19.7. The number of piperidine rings is 1. The number of carbonyl (C=O) groups is 4. The number of esters is 1. The fourth-order valence-corrected chi connectivity index (χ4v) is 10.3. The maximum absolute atomic E-state index is 14.4. The van der Waals surface area contributed by atoms with Crippen LogP contribution in [0, 0.1) is 35.5 Å². The highest BCUT2D eigenvalue weighted by Crippen LogP contribution is 2.38. The molecule has 0 radical (unpaired) electrons. The standard InChI is InChI=1S/C51H81NO12/c1-31-16-12-11-13-17-33(3)43(60-8)30-39-22-20-37(7)51(59,64-39)48(56)49(57)52-25-15-14-18-40(52)50(58)63-42(34(4)28-38-21-23-41(53)44(29-38)61-9)24-19-32(2)27-36(6)46(55)47(62-10)45(54)35(5)26-31/h11-13,16-17,27,31-32,34-35,37-44,46-47,53,55,59H,14-15,18-26,28-30H2,1-10H3/b13-11?,16-12+,33-17?,36-27+/t31-,32+,34-,35-,37-,38+,39+,40+,41-,42+,43?,44-,46-,47+,51-/m1/s1. The summed E-state index contributed by atoms with van der Waals surface area (Å²) in [6.45, 7) is 13.6. The number of cyclic esters (lactones) is 1. The Balaban J connectivity index is 1.67. The maximum atomic E-state index is 14.4. The zero-order valence-electron chi connectivity index (χ0n) is 40.4. The molecule has 2 saturated heterocycles. The molecule has 0 aromatic rings. The van der Waals surface area contributed by atoms with E-state index in [1.54, 1.807) is 28.1 Å². The molecule has 1 unspecified atom stereocenters. The summed E-state index contributed by atoms with van der Waals surface area (Å²) in [5.74, 6) is -6.09. The van der Waals surface area contributed by atoms with Gasteiger partial charge in [-0.05, 0) is 126 Å². The number of hydrogen-bond donors (Lipinski definition) is 3. The van der Waals surface area contributed by atoms with Gasteiger partial charge in [-0.15, -0.1) is 0 Å². The number of aliphatic hydroxyl groups excluding tert-OH is 2. The van der Waals surface area contributed by atoms with Gasteiger partial charge in [-0.3, -0.25) is 14.4 Å². The van der Waals surface area contributed by atoms with Gasteiger partial charge < -0.3 is 43.9 Å². The number of amides is 1. The highest BCUT2D eigenvalue weighted by atomic mass is 16.6. The number of carbonyl (C=O) groups excluding carboxylic acids is 4. The van der Waals surface area contributed by atoms with Crippen LogP contribution in [0.15, 0.2) is 47.6 Å². The summed E-state index contributed by atoms with van der Waals surface area (Å²) >= 11 is 0. The fraction of sp³-hybridized carbons (Fsp3) is 0.765. The lowest BCUT2D eigenvalue weighted by molar-refractivity contribution is -0.265. The Labute approximate surface area is 383 Å². The van der Waals surface area contributed by atoms with Crippen molar-refractivity contribution in [2.24, 2.45) is 35.5 Å². The average molecular weight is 900 g/mol. The summed E-state index contributed by atoms with van der Waals surface area (Å²) in [5, 5.41) is 33.9. The Morgan fingerprint density at radius 1 is 0.812 bits per heavy atom. The zero-order valence-corrected chi connectivity index (χ0v) is 40.4. The summed E-state index contributed by atoms with van der Waals surface area (Å²) in [5.41, 5.74) is 1.51. The Morgan fingerprint density at radius 3 is 2.23 bits per heavy atom. The van der Waals surface area contributed by atoms with E-state index in [-0.39, 0.29) is 48.0 Å². The molecule has 15 atom stereocenters. The van der Waals surface area contributed by atoms with Crippen LogP contribution in [0.3, 0.4) is 0 Å². The molecule has 1 aliphatic carbocycles. The van der Waals surface area contributed by atoms with Gasteiger partial charge in [-0.25, -0.2) is 4.79 Å². The van der Waals surface area contributed by atoms with Gasteiger partial charge in [0.05, 0.1) is 24.4 Å². The van der Waals surface area contributed by atoms with Gasteiger partial charge in [-0.2, -0.15) is 0 Å². The highest BCUT2D eigenvalue weighted by Gasteiger charge is 2.53. The molecule has 1 saturated carbocycles. The second kappa shape index (κ2) is 25.2. The monoisotopic (exact) mass is 900 g/mol. The van der Waals surface area contributed by atoms with Crippen LogP contribution in [0.2, 0.25) is 0 Å². The van der Waals surface area contributed by atoms with Gasteiger partial charge in [-0.1, -0.05) is 71.1 Å². The van der Waals surface area contributed by atoms with Crippen molar-refractivity contribution in [1.29, 1.82) is 0 Å². The summed E-state index contributed by atoms with van der Waals surface area (Å²) in [6, 6.07) is -1.02. The fourth-order valence-electron chi connectivity index (χ4n) is 10.3. The third-order valence-corrected chi connectivity index (χ3v) is 14.5. The van der Waals surface area contributed by atoms with Gasteiger partial charge in [0.25, 0.3) is 11.7 Å². The van der Waals surface area contributed by atoms with Gasteiger partial charge in [0.2, 0.25) is 5.79 Å². The topological polar surface area (TPSA) is 178 Å². The molecular formula is C51H81NO12. The first-order valence-corrected chi connectivity index (χ1v) is 24.0. The van der Waals surface area contributed by atoms with E-state index in [0.717, 1.165) is 18.4 Å². The van der Waals surface area contributed by atoms with E-state index in [4.69, 9.17) is 23.7 Å². The predicted molar refractivity (Wildman–Crippen MR) is 245 cm³/mol. The summed E-state index contributed by atoms with van der Waals surface area (Å²) < 4.78 is 29.6. The number of fused-ring (bicyclic) bond motifs is 3. The molecule has 13 nitrogen and oxygen atoms in total. The van der Waals surface area contributed by atoms with E-state index >= 15 is 0 Å². The van der Waals surface area contributed by atoms with Crippen molar-refractivity contribution >= 4 is 23.4 Å². The lowest BCUT2D eigenvalue weighted by atomic mass is 9.78. The van der Waals surface area contributed by atoms with Crippen molar-refractivity contribution in [2.45, 2.75) is 186 Å². The summed E-state index contributed by atoms with van der Waals surface area (Å²) in [6.07, 6.45) is 14.5. The van der Waals surface area contributed by atoms with Crippen LogP contribution in [-0.4, -0.2) is 126 Å². The molecule has 2 bridgehead atoms. The highest BCUT2D eigenvalue weighted by molar-refractivity contribution is 6.39. The maximum Gasteiger partial charge on any atom is 0.329 e. The first kappa shape index (κ1) is 53.6. The largest absolute Gasteiger partial charge is 0.461 e. The molecule has 64 heavy (non-hydrogen) atoms. The van der Waals surface area contributed by atoms with Crippen LogP contribution in [0.1, 0.15) is 132 Å². The minimum Gasteiger partial charge on any atom is -0.461 e. The molecule has 3 fully saturated rings. The van der Waals surface area contributed by atoms with E-state index < -0.39 is 72.0 Å². The van der Waals surface area contributed by atoms with Gasteiger partial charge in [0.1, 0.15) is 24.4 Å². The van der Waals surface area contributed by atoms with Gasteiger partial charge in [0, 0.05) is 46.1 Å². The first-order chi connectivity index (χ1) is 30.3. The van der Waals surface area contributed by atoms with Crippen LogP contribution < -0.4 is 0 Å². The van der Waals surface area contributed by atoms with Crippen molar-refractivity contribution in [2.75, 3.05) is 27.9 Å². The van der Waals surface area contributed by atoms with Crippen LogP contribution in [0.5, 0.6) is 0 Å². The molecule has 3 N–H and O–H groups in total. The molecule has 4 aliphatic rings. The Hall–Kier alpha value is -3.04. The molecular weight excluding hydrogens is 819 g/mol. The van der Waals surface area contributed by atoms with Gasteiger partial charge >= 0.3 is 5.97 Å². The van der Waals surface area contributed by atoms with E-state index in [0.29, 0.717) is 76.2 Å². The lowest BCUT2D eigenvalue weighted by Gasteiger charge is -2.42. The quantitative estimate of drug-likeness (QED) is 0.142. The van der Waals surface area contributed by atoms with E-state index in [9.17, 15) is 34.5 Å². The predicted octanol–water partition coefficient (Wildman–Crippen LogP) is 7.00. The Bertz CT molecular complexity index is 1670. The summed E-state index contributed by atoms with van der Waals surface area (Å²) in [4.78, 5) is 57.8. The number of hydrogen-bond acceptors (Lipinski definition) is 12. The molecule has 362 valence electrons. The minimum atomic E-state index is -2.38. The van der Waals surface area contributed by atoms with Crippen LogP contribution >= 0.6 is 0 Å². The molecule has 0 spiro atoms. The second-order valence-corrected chi connectivity index (χ2v) is 19.7. The summed E-state index contributed by atoms with van der Waals surface area (Å²) in [7, 11) is 4.65. The molecule has 3 aliphatic heterocycles. The van der Waals surface area contributed by atoms with E-state index in [2.05, 4.69) is 6.92 Å². The van der Waals surface area contributed by atoms with Crippen molar-refractivity contribution in [3.05, 3.63) is 47.6 Å². The lowest BCUT2D eigenvalue weighted by Crippen LogP contribution is -2.61. The molecule has 1 amide bonds. The normalized spacial score (nSPS) is 39.5. The molecule has 4 rings (SSSR count). The Kier molecular flexibility index (Phi) is 21.1. The SMILES string of the molecule is COC1C[C@@H]2CC[C@@H](C)[C@@](O)(O2)C(=O)C(=O)N2CCCC[C@H]2C(=O)O[C@H]([C@H](C)C[C@@H]2CC[C@@H](O)[C@H](OC)C2)CC[C@H](C)/C=C(\C)[C@@H](O)[C@@H](OC)C(=O)[C@H](C)C[C@H](C)/C=C/C=CC=C1C. The molecule has 0 aromatic carbocycles. The number of rotatable bonds is 6. The van der Waals surface area contributed by atoms with Crippen LogP contribution in [-0.2, 0) is 42.9 Å². The van der Waals surface area contributed by atoms with Gasteiger partial charge in [0.15, 0.2) is 5.78 Å². The van der Waals surface area contributed by atoms with Crippen LogP contribution in [0.4, 0.5) is 0 Å². The Morgan fingerprint density at radius 2 is 1.55 bits per heavy atom. The third kappa shape index (κ3) is 14.2. The van der Waals surface area contributed by atoms with Crippen molar-refractivity contribution in [1.82, 2.24) is 4.90 Å². The van der Waals surface area contributed by atoms with E-state index in [1.807, 2.05) is 64.2 Å². The molecule has 0 aromatic heterocycles. The van der Waals surface area contributed by atoms with Crippen molar-refractivity contribution in [3.63, 3.8) is 0 Å². The number of ether oxygens (including phenoxy) is 5. The number of nitrogens with zero attached hydrogens (tertiary/aromatic N) is 1. The van der Waals surface area contributed by atoms with E-state index in [1.165, 1.54) is 12.0 Å². The minimum absolute atomic E-state index is 0.0678. The molecule has 13 heteroatoms.